The molecule has 0 saturated heterocycles. The van der Waals surface area contributed by atoms with E-state index in [0.717, 1.165) is 0 Å². The smallest absolute Gasteiger partial charge is 0.130 e. The topological polar surface area (TPSA) is 9.23 Å². The monoisotopic (exact) mass is 206 g/mol. The third kappa shape index (κ3) is 2.37. The number of hydrogen-bond donors (Lipinski definition) is 1. The fourth-order valence-corrected chi connectivity index (χ4v) is 1.13. The molecule has 1 rings (SSSR count). The molecule has 1 aromatic rings. The molecule has 1 aromatic carbocycles. The normalized spacial score (nSPS) is 10.2. The minimum atomic E-state index is -0.343. The maximum Gasteiger partial charge on any atom is 0.130 e. The molecule has 0 radical (unpaired) electrons. The number of thiol groups is 1. The van der Waals surface area contributed by atoms with E-state index in [-0.39, 0.29) is 18.4 Å². The summed E-state index contributed by atoms with van der Waals surface area (Å²) in [5.74, 6) is -0.0886. The van der Waals surface area contributed by atoms with Gasteiger partial charge in [-0.2, -0.15) is 12.6 Å². The van der Waals surface area contributed by atoms with Crippen molar-refractivity contribution in [2.24, 2.45) is 0 Å². The number of hydrogen-bond acceptors (Lipinski definition) is 2. The maximum absolute atomic E-state index is 13.0. The Morgan fingerprint density at radius 1 is 1.50 bits per heavy atom. The van der Waals surface area contributed by atoms with Gasteiger partial charge in [0.25, 0.3) is 0 Å². The average molecular weight is 207 g/mol. The lowest BCUT2D eigenvalue weighted by atomic mass is 10.2. The Labute approximate surface area is 80.9 Å². The Hall–Kier alpha value is -0.250. The highest BCUT2D eigenvalue weighted by atomic mass is 35.5. The molecule has 0 spiro atoms. The fourth-order valence-electron chi connectivity index (χ4n) is 0.818. The van der Waals surface area contributed by atoms with Crippen molar-refractivity contribution < 1.29 is 9.13 Å². The largest absolute Gasteiger partial charge is 0.366 e. The molecule has 66 valence electrons. The molecular weight excluding hydrogens is 199 g/mol. The standard InChI is InChI=1S/C8H8ClFOS/c9-7-2-1-3-8(10)6(7)4-11-5-12/h1-3,12H,4-5H2. The van der Waals surface area contributed by atoms with E-state index in [0.29, 0.717) is 10.6 Å². The third-order valence-electron chi connectivity index (χ3n) is 1.40. The molecule has 0 fully saturated rings. The summed E-state index contributed by atoms with van der Waals surface area (Å²) in [7, 11) is 0. The van der Waals surface area contributed by atoms with Crippen LogP contribution in [0.1, 0.15) is 5.56 Å². The van der Waals surface area contributed by atoms with Gasteiger partial charge in [0.15, 0.2) is 0 Å². The van der Waals surface area contributed by atoms with Crippen LogP contribution in [0.25, 0.3) is 0 Å². The summed E-state index contributed by atoms with van der Waals surface area (Å²) in [6.07, 6.45) is 0. The van der Waals surface area contributed by atoms with Crippen molar-refractivity contribution in [3.8, 4) is 0 Å². The minimum Gasteiger partial charge on any atom is -0.366 e. The van der Waals surface area contributed by atoms with E-state index < -0.39 is 0 Å². The van der Waals surface area contributed by atoms with Gasteiger partial charge in [-0.25, -0.2) is 4.39 Å². The van der Waals surface area contributed by atoms with Gasteiger partial charge in [0.05, 0.1) is 12.5 Å². The summed E-state index contributed by atoms with van der Waals surface area (Å²) in [6.45, 7) is 0.162. The Morgan fingerprint density at radius 3 is 2.83 bits per heavy atom. The molecule has 0 aliphatic rings. The summed E-state index contributed by atoms with van der Waals surface area (Å²) in [6, 6.07) is 4.53. The first-order valence-electron chi connectivity index (χ1n) is 3.37. The van der Waals surface area contributed by atoms with E-state index in [1.165, 1.54) is 6.07 Å². The summed E-state index contributed by atoms with van der Waals surface area (Å²) in [4.78, 5) is 0. The number of halogens is 2. The van der Waals surface area contributed by atoms with Gasteiger partial charge in [0.1, 0.15) is 5.82 Å². The van der Waals surface area contributed by atoms with Crippen LogP contribution < -0.4 is 0 Å². The van der Waals surface area contributed by atoms with Gasteiger partial charge >= 0.3 is 0 Å². The molecule has 0 aliphatic heterocycles. The highest BCUT2D eigenvalue weighted by molar-refractivity contribution is 7.80. The van der Waals surface area contributed by atoms with E-state index >= 15 is 0 Å². The Morgan fingerprint density at radius 2 is 2.25 bits per heavy atom. The van der Waals surface area contributed by atoms with Crippen LogP contribution in [0.2, 0.25) is 5.02 Å². The van der Waals surface area contributed by atoms with Crippen molar-refractivity contribution in [3.63, 3.8) is 0 Å². The minimum absolute atomic E-state index is 0.162. The van der Waals surface area contributed by atoms with Crippen LogP contribution in [-0.4, -0.2) is 5.94 Å². The van der Waals surface area contributed by atoms with E-state index in [2.05, 4.69) is 12.6 Å². The Balaban J connectivity index is 2.81. The zero-order valence-corrected chi connectivity index (χ0v) is 7.91. The highest BCUT2D eigenvalue weighted by Gasteiger charge is 2.05. The molecule has 0 atom stereocenters. The van der Waals surface area contributed by atoms with Gasteiger partial charge in [-0.05, 0) is 12.1 Å². The molecule has 1 nitrogen and oxygen atoms in total. The fraction of sp³-hybridized carbons (Fsp3) is 0.250. The Kier molecular flexibility index (Phi) is 3.85. The molecule has 4 heteroatoms. The molecule has 12 heavy (non-hydrogen) atoms. The van der Waals surface area contributed by atoms with Gasteiger partial charge in [-0.3, -0.25) is 0 Å². The van der Waals surface area contributed by atoms with Crippen molar-refractivity contribution in [3.05, 3.63) is 34.6 Å². The summed E-state index contributed by atoms with van der Waals surface area (Å²) in [5.41, 5.74) is 0.383. The number of rotatable bonds is 3. The third-order valence-corrected chi connectivity index (χ3v) is 1.94. The maximum atomic E-state index is 13.0. The van der Waals surface area contributed by atoms with Crippen LogP contribution in [-0.2, 0) is 11.3 Å². The average Bonchev–Trinajstić information content (AvgIpc) is 2.04. The molecule has 0 unspecified atom stereocenters. The van der Waals surface area contributed by atoms with Gasteiger partial charge in [0, 0.05) is 10.6 Å². The van der Waals surface area contributed by atoms with Crippen molar-refractivity contribution in [1.29, 1.82) is 0 Å². The van der Waals surface area contributed by atoms with Crippen LogP contribution in [0.15, 0.2) is 18.2 Å². The molecular formula is C8H8ClFOS. The zero-order valence-electron chi connectivity index (χ0n) is 6.26. The lowest BCUT2D eigenvalue weighted by Crippen LogP contribution is -1.95. The molecule has 0 N–H and O–H groups in total. The van der Waals surface area contributed by atoms with Gasteiger partial charge in [-0.15, -0.1) is 0 Å². The summed E-state index contributed by atoms with van der Waals surface area (Å²) >= 11 is 9.55. The second-order valence-electron chi connectivity index (χ2n) is 2.18. The second-order valence-corrected chi connectivity index (χ2v) is 2.84. The first kappa shape index (κ1) is 9.84. The van der Waals surface area contributed by atoms with Crippen molar-refractivity contribution in [2.75, 3.05) is 5.94 Å². The van der Waals surface area contributed by atoms with Gasteiger partial charge in [-0.1, -0.05) is 17.7 Å². The van der Waals surface area contributed by atoms with E-state index in [1.807, 2.05) is 0 Å². The predicted molar refractivity (Wildman–Crippen MR) is 50.1 cm³/mol. The molecule has 0 amide bonds. The molecule has 0 saturated carbocycles. The van der Waals surface area contributed by atoms with Crippen molar-refractivity contribution >= 4 is 24.2 Å². The zero-order chi connectivity index (χ0) is 8.97. The second kappa shape index (κ2) is 4.70. The molecule has 0 aromatic heterocycles. The van der Waals surface area contributed by atoms with Crippen LogP contribution in [0.5, 0.6) is 0 Å². The van der Waals surface area contributed by atoms with Crippen LogP contribution >= 0.6 is 24.2 Å². The van der Waals surface area contributed by atoms with E-state index in [9.17, 15) is 4.39 Å². The lowest BCUT2D eigenvalue weighted by molar-refractivity contribution is 0.167. The Bertz CT molecular complexity index is 247. The van der Waals surface area contributed by atoms with Gasteiger partial charge < -0.3 is 4.74 Å². The number of ether oxygens (including phenoxy) is 1. The lowest BCUT2D eigenvalue weighted by Gasteiger charge is -2.04. The van der Waals surface area contributed by atoms with Crippen LogP contribution in [0.4, 0.5) is 4.39 Å². The van der Waals surface area contributed by atoms with Crippen LogP contribution in [0.3, 0.4) is 0 Å². The summed E-state index contributed by atoms with van der Waals surface area (Å²) in [5, 5.41) is 0.386. The molecule has 0 heterocycles. The number of benzene rings is 1. The first-order valence-corrected chi connectivity index (χ1v) is 4.38. The quantitative estimate of drug-likeness (QED) is 0.591. The SMILES string of the molecule is Fc1cccc(Cl)c1COCS. The molecule has 0 bridgehead atoms. The summed E-state index contributed by atoms with van der Waals surface area (Å²) < 4.78 is 17.9. The van der Waals surface area contributed by atoms with Gasteiger partial charge in [0.2, 0.25) is 0 Å². The van der Waals surface area contributed by atoms with Crippen molar-refractivity contribution in [1.82, 2.24) is 0 Å². The van der Waals surface area contributed by atoms with E-state index in [4.69, 9.17) is 16.3 Å². The molecule has 0 aliphatic carbocycles. The van der Waals surface area contributed by atoms with E-state index in [1.54, 1.807) is 12.1 Å². The highest BCUT2D eigenvalue weighted by Crippen LogP contribution is 2.19. The van der Waals surface area contributed by atoms with Crippen LogP contribution in [0, 0.1) is 5.82 Å². The van der Waals surface area contributed by atoms with Crippen molar-refractivity contribution in [2.45, 2.75) is 6.61 Å². The predicted octanol–water partition coefficient (Wildman–Crippen LogP) is 2.88. The first-order chi connectivity index (χ1) is 5.75.